The Morgan fingerprint density at radius 2 is 1.59 bits per heavy atom. The van der Waals surface area contributed by atoms with Gasteiger partial charge in [0.15, 0.2) is 0 Å². The first-order chi connectivity index (χ1) is 21.1. The number of rotatable bonds is 19. The second kappa shape index (κ2) is 17.6. The molecule has 0 radical (unpaired) electrons. The maximum atomic E-state index is 12.4. The number of phenolic OH excluding ortho intramolecular Hbond substituents is 1. The molecule has 0 fully saturated rings. The molecule has 1 unspecified atom stereocenters. The van der Waals surface area contributed by atoms with Crippen LogP contribution in [0, 0.1) is 5.92 Å². The number of carboxylic acids is 1. The monoisotopic (exact) mass is 605 g/mol. The molecule has 0 saturated carbocycles. The molecule has 0 aliphatic rings. The molecule has 3 aromatic rings. The molecule has 1 aromatic heterocycles. The number of aliphatic carboxylic acids is 1. The first kappa shape index (κ1) is 34.8. The summed E-state index contributed by atoms with van der Waals surface area (Å²) in [7, 11) is 0. The third-order valence-corrected chi connectivity index (χ3v) is 7.91. The number of aryl methyl sites for hydroxylation is 1. The minimum absolute atomic E-state index is 0.126. The van der Waals surface area contributed by atoms with Gasteiger partial charge in [-0.05, 0) is 67.7 Å². The molecule has 1 heterocycles. The Morgan fingerprint density at radius 3 is 2.23 bits per heavy atom. The number of aromatic nitrogens is 3. The van der Waals surface area contributed by atoms with Crippen LogP contribution in [0.3, 0.4) is 0 Å². The first-order valence-corrected chi connectivity index (χ1v) is 16.3. The number of carbonyl (C=O) groups excluding carboxylic acids is 1. The number of hydrogen-bond acceptors (Lipinski definition) is 6. The normalized spacial score (nSPS) is 12.6. The van der Waals surface area contributed by atoms with Crippen molar-refractivity contribution < 1.29 is 24.5 Å². The zero-order valence-corrected chi connectivity index (χ0v) is 27.1. The Kier molecular flexibility index (Phi) is 13.9. The van der Waals surface area contributed by atoms with E-state index in [0.29, 0.717) is 18.5 Å². The second-order valence-electron chi connectivity index (χ2n) is 12.8. The third kappa shape index (κ3) is 11.1. The van der Waals surface area contributed by atoms with Gasteiger partial charge in [-0.1, -0.05) is 96.6 Å². The van der Waals surface area contributed by atoms with Gasteiger partial charge in [-0.2, -0.15) is 0 Å². The fourth-order valence-corrected chi connectivity index (χ4v) is 5.26. The molecule has 2 aromatic carbocycles. The molecule has 0 saturated heterocycles. The summed E-state index contributed by atoms with van der Waals surface area (Å²) < 4.78 is 5.39. The average Bonchev–Trinajstić information content (AvgIpc) is 3.41. The van der Waals surface area contributed by atoms with E-state index in [9.17, 15) is 19.8 Å². The molecule has 8 nitrogen and oxygen atoms in total. The van der Waals surface area contributed by atoms with E-state index < -0.39 is 17.9 Å². The van der Waals surface area contributed by atoms with Gasteiger partial charge in [0.1, 0.15) is 22.5 Å². The number of unbranched alkanes of at least 4 members (excludes halogenated alkanes) is 8. The SMILES string of the molecule is CCCCCCCCCC=CCC(CC(=O)OCCCCc1cc(-n2nc3ccccc3n2)c(O)c(C(C)(C)C)c1)C(=O)O. The topological polar surface area (TPSA) is 115 Å². The largest absolute Gasteiger partial charge is 0.505 e. The Hall–Kier alpha value is -3.68. The van der Waals surface area contributed by atoms with Crippen LogP contribution in [0.25, 0.3) is 16.7 Å². The highest BCUT2D eigenvalue weighted by Gasteiger charge is 2.24. The van der Waals surface area contributed by atoms with E-state index in [1.165, 1.54) is 43.3 Å². The molecular formula is C36H51N3O5. The minimum atomic E-state index is -0.972. The van der Waals surface area contributed by atoms with Gasteiger partial charge >= 0.3 is 11.9 Å². The summed E-state index contributed by atoms with van der Waals surface area (Å²) in [4.78, 5) is 25.6. The van der Waals surface area contributed by atoms with Crippen LogP contribution >= 0.6 is 0 Å². The fourth-order valence-electron chi connectivity index (χ4n) is 5.26. The summed E-state index contributed by atoms with van der Waals surface area (Å²) in [5, 5.41) is 29.8. The summed E-state index contributed by atoms with van der Waals surface area (Å²) in [5.74, 6) is -2.06. The highest BCUT2D eigenvalue weighted by molar-refractivity contribution is 5.79. The highest BCUT2D eigenvalue weighted by atomic mass is 16.5. The molecule has 44 heavy (non-hydrogen) atoms. The number of esters is 1. The van der Waals surface area contributed by atoms with Gasteiger partial charge in [-0.3, -0.25) is 9.59 Å². The van der Waals surface area contributed by atoms with E-state index in [1.54, 1.807) is 0 Å². The lowest BCUT2D eigenvalue weighted by molar-refractivity contribution is -0.151. The fraction of sp³-hybridized carbons (Fsp3) is 0.556. The minimum Gasteiger partial charge on any atom is -0.505 e. The first-order valence-electron chi connectivity index (χ1n) is 16.3. The number of carboxylic acid groups (broad SMARTS) is 1. The van der Waals surface area contributed by atoms with Gasteiger partial charge in [0.05, 0.1) is 18.9 Å². The summed E-state index contributed by atoms with van der Waals surface area (Å²) in [6, 6.07) is 11.5. The number of aromatic hydroxyl groups is 1. The Labute approximate surface area is 262 Å². The molecule has 2 N–H and O–H groups in total. The van der Waals surface area contributed by atoms with Crippen molar-refractivity contribution in [1.29, 1.82) is 0 Å². The van der Waals surface area contributed by atoms with Crippen LogP contribution in [-0.4, -0.2) is 43.8 Å². The summed E-state index contributed by atoms with van der Waals surface area (Å²) in [6.07, 6.45) is 15.9. The van der Waals surface area contributed by atoms with Crippen molar-refractivity contribution in [2.75, 3.05) is 6.61 Å². The van der Waals surface area contributed by atoms with Gasteiger partial charge in [0.2, 0.25) is 0 Å². The van der Waals surface area contributed by atoms with Crippen LogP contribution in [0.5, 0.6) is 5.75 Å². The van der Waals surface area contributed by atoms with Crippen LogP contribution < -0.4 is 0 Å². The number of carbonyl (C=O) groups is 2. The molecule has 0 aliphatic heterocycles. The average molecular weight is 606 g/mol. The molecule has 1 atom stereocenters. The van der Waals surface area contributed by atoms with E-state index >= 15 is 0 Å². The summed E-state index contributed by atoms with van der Waals surface area (Å²) >= 11 is 0. The smallest absolute Gasteiger partial charge is 0.307 e. The van der Waals surface area contributed by atoms with Crippen molar-refractivity contribution >= 4 is 23.0 Å². The Morgan fingerprint density at radius 1 is 0.932 bits per heavy atom. The standard InChI is InChI=1S/C36H51N3O5/c1-5-6-7-8-9-10-11-12-13-14-20-28(35(42)43)26-33(40)44-23-18-17-19-27-24-29(36(2,3)4)34(41)32(25-27)39-37-30-21-15-16-22-31(30)38-39/h13-16,21-22,24-25,28,41H,5-12,17-20,23,26H2,1-4H3,(H,42,43). The van der Waals surface area contributed by atoms with Crippen LogP contribution in [-0.2, 0) is 26.2 Å². The van der Waals surface area contributed by atoms with Crippen LogP contribution in [0.4, 0.5) is 0 Å². The number of phenols is 1. The Bertz CT molecular complexity index is 1340. The van der Waals surface area contributed by atoms with Gasteiger partial charge in [-0.15, -0.1) is 15.0 Å². The maximum absolute atomic E-state index is 12.4. The lowest BCUT2D eigenvalue weighted by atomic mass is 9.84. The molecule has 8 heteroatoms. The van der Waals surface area contributed by atoms with Crippen molar-refractivity contribution in [3.63, 3.8) is 0 Å². The maximum Gasteiger partial charge on any atom is 0.307 e. The van der Waals surface area contributed by atoms with Crippen molar-refractivity contribution in [1.82, 2.24) is 15.0 Å². The van der Waals surface area contributed by atoms with E-state index in [0.717, 1.165) is 47.8 Å². The van der Waals surface area contributed by atoms with E-state index in [1.807, 2.05) is 48.6 Å². The Balaban J connectivity index is 1.45. The summed E-state index contributed by atoms with van der Waals surface area (Å²) in [5.41, 5.74) is 3.59. The van der Waals surface area contributed by atoms with Crippen molar-refractivity contribution in [2.45, 2.75) is 117 Å². The van der Waals surface area contributed by atoms with Gasteiger partial charge in [-0.25, -0.2) is 0 Å². The number of benzene rings is 2. The predicted molar refractivity (Wildman–Crippen MR) is 175 cm³/mol. The lowest BCUT2D eigenvalue weighted by Crippen LogP contribution is -2.19. The van der Waals surface area contributed by atoms with E-state index in [4.69, 9.17) is 4.74 Å². The molecule has 0 aliphatic carbocycles. The van der Waals surface area contributed by atoms with Crippen molar-refractivity contribution in [2.24, 2.45) is 5.92 Å². The molecular weight excluding hydrogens is 554 g/mol. The molecule has 0 bridgehead atoms. The quantitative estimate of drug-likeness (QED) is 0.0800. The van der Waals surface area contributed by atoms with Crippen molar-refractivity contribution in [3.8, 4) is 11.4 Å². The molecule has 3 rings (SSSR count). The van der Waals surface area contributed by atoms with Gasteiger partial charge in [0, 0.05) is 5.56 Å². The molecule has 240 valence electrons. The van der Waals surface area contributed by atoms with Crippen LogP contribution in [0.1, 0.15) is 116 Å². The summed E-state index contributed by atoms with van der Waals surface area (Å²) in [6.45, 7) is 8.62. The molecule has 0 spiro atoms. The lowest BCUT2D eigenvalue weighted by Gasteiger charge is -2.23. The van der Waals surface area contributed by atoms with Crippen LogP contribution in [0.15, 0.2) is 48.6 Å². The number of allylic oxidation sites excluding steroid dienone is 2. The third-order valence-electron chi connectivity index (χ3n) is 7.91. The number of ether oxygens (including phenoxy) is 1. The molecule has 0 amide bonds. The van der Waals surface area contributed by atoms with Gasteiger partial charge < -0.3 is 14.9 Å². The zero-order chi connectivity index (χ0) is 32.0. The van der Waals surface area contributed by atoms with Gasteiger partial charge in [0.25, 0.3) is 0 Å². The zero-order valence-electron chi connectivity index (χ0n) is 27.1. The van der Waals surface area contributed by atoms with Crippen molar-refractivity contribution in [3.05, 3.63) is 59.7 Å². The number of hydrogen-bond donors (Lipinski definition) is 2. The predicted octanol–water partition coefficient (Wildman–Crippen LogP) is 8.47. The number of fused-ring (bicyclic) bond motifs is 1. The number of nitrogens with zero attached hydrogens (tertiary/aromatic N) is 3. The highest BCUT2D eigenvalue weighted by Crippen LogP contribution is 2.36. The van der Waals surface area contributed by atoms with Crippen LogP contribution in [0.2, 0.25) is 0 Å². The second-order valence-corrected chi connectivity index (χ2v) is 12.8. The van der Waals surface area contributed by atoms with E-state index in [2.05, 4.69) is 37.9 Å². The van der Waals surface area contributed by atoms with E-state index in [-0.39, 0.29) is 24.2 Å².